The Labute approximate surface area is 562 Å². The topological polar surface area (TPSA) is 237 Å². The minimum absolute atomic E-state index is 0.105. The fourth-order valence-electron chi connectivity index (χ4n) is 11.1. The van der Waals surface area contributed by atoms with Crippen LogP contribution in [0.4, 0.5) is 0 Å². The molecule has 546 valence electrons. The number of carbonyl (C=O) groups excluding carboxylic acids is 4. The van der Waals surface area contributed by atoms with Gasteiger partial charge in [-0.05, 0) is 37.5 Å². The lowest BCUT2D eigenvalue weighted by Gasteiger charge is -2.21. The Morgan fingerprint density at radius 2 is 0.554 bits per heavy atom. The Morgan fingerprint density at radius 3 is 0.826 bits per heavy atom. The average Bonchev–Trinajstić information content (AvgIpc) is 3.41. The number of hydrogen-bond acceptors (Lipinski definition) is 15. The maximum absolute atomic E-state index is 13.1. The van der Waals surface area contributed by atoms with Crippen LogP contribution in [0.3, 0.4) is 0 Å². The van der Waals surface area contributed by atoms with Crippen molar-refractivity contribution in [1.29, 1.82) is 0 Å². The molecule has 0 spiro atoms. The summed E-state index contributed by atoms with van der Waals surface area (Å²) in [5, 5.41) is 10.6. The fraction of sp³-hybridized carbons (Fsp3) is 0.945. The van der Waals surface area contributed by atoms with Crippen LogP contribution in [0.15, 0.2) is 0 Å². The molecule has 0 saturated heterocycles. The van der Waals surface area contributed by atoms with Gasteiger partial charge in [0.2, 0.25) is 0 Å². The second-order valence-electron chi connectivity index (χ2n) is 27.1. The Bertz CT molecular complexity index is 1790. The van der Waals surface area contributed by atoms with E-state index >= 15 is 0 Å². The van der Waals surface area contributed by atoms with Gasteiger partial charge in [0.15, 0.2) is 12.2 Å². The van der Waals surface area contributed by atoms with Gasteiger partial charge in [-0.2, -0.15) is 0 Å². The molecule has 0 aromatic heterocycles. The number of phosphoric ester groups is 2. The summed E-state index contributed by atoms with van der Waals surface area (Å²) in [7, 11) is -9.91. The van der Waals surface area contributed by atoms with E-state index in [-0.39, 0.29) is 25.7 Å². The van der Waals surface area contributed by atoms with E-state index in [9.17, 15) is 43.2 Å². The van der Waals surface area contributed by atoms with Crippen molar-refractivity contribution in [1.82, 2.24) is 0 Å². The molecule has 0 saturated carbocycles. The van der Waals surface area contributed by atoms with Gasteiger partial charge >= 0.3 is 39.5 Å². The van der Waals surface area contributed by atoms with E-state index in [1.165, 1.54) is 186 Å². The number of phosphoric acid groups is 2. The first kappa shape index (κ1) is 90.1. The highest BCUT2D eigenvalue weighted by molar-refractivity contribution is 7.47. The van der Waals surface area contributed by atoms with Gasteiger partial charge in [0.1, 0.15) is 19.3 Å². The molecule has 3 unspecified atom stereocenters. The molecule has 6 atom stereocenters. The summed E-state index contributed by atoms with van der Waals surface area (Å²) >= 11 is 0. The van der Waals surface area contributed by atoms with E-state index in [2.05, 4.69) is 41.5 Å². The van der Waals surface area contributed by atoms with Crippen molar-refractivity contribution in [3.63, 3.8) is 0 Å². The van der Waals surface area contributed by atoms with Crippen molar-refractivity contribution in [3.8, 4) is 0 Å². The zero-order valence-electron chi connectivity index (χ0n) is 59.9. The van der Waals surface area contributed by atoms with Gasteiger partial charge in [0, 0.05) is 25.7 Å². The number of ether oxygens (including phenoxy) is 4. The molecule has 0 radical (unpaired) electrons. The molecule has 0 aliphatic heterocycles. The number of esters is 4. The molecule has 0 bridgehead atoms. The van der Waals surface area contributed by atoms with Gasteiger partial charge in [0.05, 0.1) is 26.4 Å². The molecule has 3 N–H and O–H groups in total. The number of hydrogen-bond donors (Lipinski definition) is 3. The molecule has 0 aromatic rings. The zero-order valence-corrected chi connectivity index (χ0v) is 61.6. The average molecular weight is 1350 g/mol. The second kappa shape index (κ2) is 65.0. The minimum Gasteiger partial charge on any atom is -0.462 e. The number of rotatable bonds is 72. The maximum atomic E-state index is 13.1. The molecule has 0 aliphatic carbocycles. The molecule has 0 aromatic carbocycles. The van der Waals surface area contributed by atoms with Gasteiger partial charge in [0.25, 0.3) is 0 Å². The third-order valence-corrected chi connectivity index (χ3v) is 19.2. The number of unbranched alkanes of at least 4 members (excludes halogenated alkanes) is 41. The first-order valence-electron chi connectivity index (χ1n) is 38.0. The molecule has 0 aliphatic rings. The highest BCUT2D eigenvalue weighted by Crippen LogP contribution is 2.45. The van der Waals surface area contributed by atoms with Crippen molar-refractivity contribution < 1.29 is 80.2 Å². The van der Waals surface area contributed by atoms with Gasteiger partial charge < -0.3 is 33.8 Å². The van der Waals surface area contributed by atoms with Crippen molar-refractivity contribution in [3.05, 3.63) is 0 Å². The Kier molecular flexibility index (Phi) is 63.7. The lowest BCUT2D eigenvalue weighted by molar-refractivity contribution is -0.161. The normalized spacial score (nSPS) is 14.4. The van der Waals surface area contributed by atoms with Crippen molar-refractivity contribution in [2.45, 2.75) is 394 Å². The standard InChI is InChI=1S/C73H142O17P2/c1-7-10-12-14-16-18-20-22-24-25-27-29-33-37-45-51-57-72(77)89-68(61-83-70(75)55-49-43-36-32-28-26-23-21-19-17-15-13-11-8-2)63-87-91(79,80)85-59-67(74)60-86-92(81,82)88-64-69(62-84-71(76)56-50-44-40-39-42-48-54-66(6)9-3)90-73(78)58-52-46-38-34-30-31-35-41-47-53-65(4)5/h65-69,74H,7-64H2,1-6H3,(H,79,80)(H,81,82)/t66?,67-,68-,69-/m1/s1. The first-order chi connectivity index (χ1) is 44.4. The summed E-state index contributed by atoms with van der Waals surface area (Å²) in [6.07, 6.45) is 51.3. The van der Waals surface area contributed by atoms with Crippen molar-refractivity contribution >= 4 is 39.5 Å². The molecule has 0 rings (SSSR count). The summed E-state index contributed by atoms with van der Waals surface area (Å²) in [5.74, 6) is -0.652. The van der Waals surface area contributed by atoms with Crippen LogP contribution in [0.2, 0.25) is 0 Å². The van der Waals surface area contributed by atoms with E-state index in [0.29, 0.717) is 25.7 Å². The fourth-order valence-corrected chi connectivity index (χ4v) is 12.7. The number of carbonyl (C=O) groups is 4. The molecular weight excluding hydrogens is 1210 g/mol. The largest absolute Gasteiger partial charge is 0.472 e. The first-order valence-corrected chi connectivity index (χ1v) is 41.0. The van der Waals surface area contributed by atoms with Gasteiger partial charge in [-0.1, -0.05) is 324 Å². The van der Waals surface area contributed by atoms with Gasteiger partial charge in [-0.3, -0.25) is 37.3 Å². The lowest BCUT2D eigenvalue weighted by atomic mass is 10.00. The Morgan fingerprint density at radius 1 is 0.315 bits per heavy atom. The smallest absolute Gasteiger partial charge is 0.462 e. The predicted molar refractivity (Wildman–Crippen MR) is 372 cm³/mol. The van der Waals surface area contributed by atoms with E-state index in [1.807, 2.05) is 0 Å². The zero-order chi connectivity index (χ0) is 67.9. The molecule has 0 fully saturated rings. The SMILES string of the molecule is CCCCCCCCCCCCCCCCCCC(=O)O[C@H](COC(=O)CCCCCCCCCCCCCCCC)COP(=O)(O)OC[C@@H](O)COP(=O)(O)OC[C@@H](COC(=O)CCCCCCCCC(C)CC)OC(=O)CCCCCCCCCCCC(C)C. The van der Waals surface area contributed by atoms with E-state index < -0.39 is 97.5 Å². The Balaban J connectivity index is 5.25. The second-order valence-corrected chi connectivity index (χ2v) is 30.0. The third kappa shape index (κ3) is 65.4. The van der Waals surface area contributed by atoms with Crippen LogP contribution in [-0.2, 0) is 65.4 Å². The summed E-state index contributed by atoms with van der Waals surface area (Å²) < 4.78 is 68.4. The number of aliphatic hydroxyl groups is 1. The van der Waals surface area contributed by atoms with Crippen LogP contribution < -0.4 is 0 Å². The molecule has 19 heteroatoms. The van der Waals surface area contributed by atoms with Crippen molar-refractivity contribution in [2.75, 3.05) is 39.6 Å². The summed E-state index contributed by atoms with van der Waals surface area (Å²) in [4.78, 5) is 72.7. The molecule has 17 nitrogen and oxygen atoms in total. The lowest BCUT2D eigenvalue weighted by Crippen LogP contribution is -2.30. The van der Waals surface area contributed by atoms with Gasteiger partial charge in [-0.25, -0.2) is 9.13 Å². The molecule has 0 amide bonds. The van der Waals surface area contributed by atoms with Crippen molar-refractivity contribution in [2.24, 2.45) is 11.8 Å². The quantitative estimate of drug-likeness (QED) is 0.0222. The van der Waals surface area contributed by atoms with Crippen LogP contribution in [0.1, 0.15) is 375 Å². The summed E-state index contributed by atoms with van der Waals surface area (Å²) in [6.45, 7) is 9.51. The van der Waals surface area contributed by atoms with Crippen LogP contribution in [0, 0.1) is 11.8 Å². The predicted octanol–water partition coefficient (Wildman–Crippen LogP) is 21.2. The van der Waals surface area contributed by atoms with E-state index in [0.717, 1.165) is 108 Å². The van der Waals surface area contributed by atoms with Crippen LogP contribution in [0.5, 0.6) is 0 Å². The Hall–Kier alpha value is -1.94. The molecule has 0 heterocycles. The number of aliphatic hydroxyl groups excluding tert-OH is 1. The minimum atomic E-state index is -4.95. The monoisotopic (exact) mass is 1350 g/mol. The van der Waals surface area contributed by atoms with Crippen LogP contribution >= 0.6 is 15.6 Å². The highest BCUT2D eigenvalue weighted by atomic mass is 31.2. The van der Waals surface area contributed by atoms with Crippen LogP contribution in [-0.4, -0.2) is 96.7 Å². The summed E-state index contributed by atoms with van der Waals surface area (Å²) in [6, 6.07) is 0. The van der Waals surface area contributed by atoms with E-state index in [4.69, 9.17) is 37.0 Å². The highest BCUT2D eigenvalue weighted by Gasteiger charge is 2.30. The summed E-state index contributed by atoms with van der Waals surface area (Å²) in [5.41, 5.74) is 0. The van der Waals surface area contributed by atoms with Crippen LogP contribution in [0.25, 0.3) is 0 Å². The molecular formula is C73H142O17P2. The maximum Gasteiger partial charge on any atom is 0.472 e. The van der Waals surface area contributed by atoms with Gasteiger partial charge in [-0.15, -0.1) is 0 Å². The van der Waals surface area contributed by atoms with E-state index in [1.54, 1.807) is 0 Å². The third-order valence-electron chi connectivity index (χ3n) is 17.3. The molecule has 92 heavy (non-hydrogen) atoms.